The molecule has 1 aliphatic heterocycles. The van der Waals surface area contributed by atoms with Crippen molar-refractivity contribution in [3.63, 3.8) is 0 Å². The quantitative estimate of drug-likeness (QED) is 0.0195. The van der Waals surface area contributed by atoms with Crippen molar-refractivity contribution in [2.75, 3.05) is 13.2 Å². The first-order valence-electron chi connectivity index (χ1n) is 31.5. The largest absolute Gasteiger partial charge is 0.454 e. The van der Waals surface area contributed by atoms with Crippen LogP contribution in [0.5, 0.6) is 0 Å². The topological polar surface area (TPSA) is 175 Å². The number of carbonyl (C=O) groups is 2. The van der Waals surface area contributed by atoms with Gasteiger partial charge in [-0.25, -0.2) is 0 Å². The molecule has 1 saturated heterocycles. The highest BCUT2D eigenvalue weighted by atomic mass is 16.7. The number of nitrogens with one attached hydrogen (secondary N) is 1. The maximum atomic E-state index is 13.4. The third-order valence-electron chi connectivity index (χ3n) is 13.8. The average Bonchev–Trinajstić information content (AvgIpc) is 3.45. The number of hydrogen-bond donors (Lipinski definition) is 6. The van der Waals surface area contributed by atoms with Gasteiger partial charge >= 0.3 is 5.97 Å². The van der Waals surface area contributed by atoms with Gasteiger partial charge in [0.1, 0.15) is 24.4 Å². The minimum absolute atomic E-state index is 0.0890. The van der Waals surface area contributed by atoms with Gasteiger partial charge in [-0.1, -0.05) is 238 Å². The number of aliphatic hydroxyl groups excluding tert-OH is 5. The Bertz CT molecular complexity index is 1810. The van der Waals surface area contributed by atoms with E-state index in [9.17, 15) is 35.1 Å². The molecular formula is C69H113NO10. The Labute approximate surface area is 486 Å². The van der Waals surface area contributed by atoms with Crippen LogP contribution in [-0.4, -0.2) is 99.6 Å². The number of amides is 1. The van der Waals surface area contributed by atoms with E-state index in [-0.39, 0.29) is 19.4 Å². The number of rotatable bonds is 51. The van der Waals surface area contributed by atoms with Crippen molar-refractivity contribution < 1.29 is 49.3 Å². The van der Waals surface area contributed by atoms with Gasteiger partial charge < -0.3 is 45.1 Å². The van der Waals surface area contributed by atoms with Crippen molar-refractivity contribution in [1.82, 2.24) is 5.32 Å². The van der Waals surface area contributed by atoms with Gasteiger partial charge in [-0.2, -0.15) is 0 Å². The molecule has 0 aliphatic carbocycles. The summed E-state index contributed by atoms with van der Waals surface area (Å²) in [5.41, 5.74) is 0. The van der Waals surface area contributed by atoms with Gasteiger partial charge in [-0.15, -0.1) is 0 Å². The highest BCUT2D eigenvalue weighted by Crippen LogP contribution is 2.26. The van der Waals surface area contributed by atoms with Gasteiger partial charge in [0.15, 0.2) is 12.4 Å². The summed E-state index contributed by atoms with van der Waals surface area (Å²) in [6.07, 6.45) is 67.7. The zero-order valence-corrected chi connectivity index (χ0v) is 50.1. The van der Waals surface area contributed by atoms with Gasteiger partial charge in [0.05, 0.1) is 25.4 Å². The predicted molar refractivity (Wildman–Crippen MR) is 333 cm³/mol. The minimum Gasteiger partial charge on any atom is -0.454 e. The normalized spacial score (nSPS) is 19.7. The molecule has 1 heterocycles. The molecule has 0 radical (unpaired) electrons. The van der Waals surface area contributed by atoms with Crippen LogP contribution in [0.15, 0.2) is 134 Å². The van der Waals surface area contributed by atoms with Gasteiger partial charge in [-0.05, 0) is 116 Å². The molecule has 80 heavy (non-hydrogen) atoms. The van der Waals surface area contributed by atoms with Crippen LogP contribution in [0, 0.1) is 0 Å². The summed E-state index contributed by atoms with van der Waals surface area (Å²) in [4.78, 5) is 26.6. The summed E-state index contributed by atoms with van der Waals surface area (Å²) in [6, 6.07) is -1.06. The van der Waals surface area contributed by atoms with Gasteiger partial charge in [0.2, 0.25) is 5.91 Å². The Morgan fingerprint density at radius 1 is 0.500 bits per heavy atom. The number of esters is 1. The molecule has 0 bridgehead atoms. The fourth-order valence-corrected chi connectivity index (χ4v) is 8.88. The van der Waals surface area contributed by atoms with Crippen LogP contribution in [0.25, 0.3) is 0 Å². The van der Waals surface area contributed by atoms with Crippen LogP contribution in [0.3, 0.4) is 0 Å². The highest BCUT2D eigenvalue weighted by Gasteiger charge is 2.47. The van der Waals surface area contributed by atoms with E-state index in [1.54, 1.807) is 6.08 Å². The molecular weight excluding hydrogens is 1000 g/mol. The molecule has 454 valence electrons. The van der Waals surface area contributed by atoms with Crippen LogP contribution in [0.1, 0.15) is 226 Å². The molecule has 0 aromatic carbocycles. The van der Waals surface area contributed by atoms with Crippen molar-refractivity contribution in [3.8, 4) is 0 Å². The Hall–Kier alpha value is -4.20. The third kappa shape index (κ3) is 42.6. The van der Waals surface area contributed by atoms with Gasteiger partial charge in [0, 0.05) is 6.42 Å². The van der Waals surface area contributed by atoms with Crippen LogP contribution in [0.4, 0.5) is 0 Å². The molecule has 0 aromatic rings. The fourth-order valence-electron chi connectivity index (χ4n) is 8.88. The maximum absolute atomic E-state index is 13.4. The summed E-state index contributed by atoms with van der Waals surface area (Å²) in [7, 11) is 0. The van der Waals surface area contributed by atoms with E-state index in [2.05, 4.69) is 148 Å². The van der Waals surface area contributed by atoms with Gasteiger partial charge in [0.25, 0.3) is 0 Å². The van der Waals surface area contributed by atoms with E-state index in [0.717, 1.165) is 135 Å². The first-order chi connectivity index (χ1) is 39.2. The lowest BCUT2D eigenvalue weighted by molar-refractivity contribution is -0.305. The lowest BCUT2D eigenvalue weighted by atomic mass is 9.99. The van der Waals surface area contributed by atoms with Crippen LogP contribution < -0.4 is 5.32 Å². The van der Waals surface area contributed by atoms with E-state index < -0.39 is 67.4 Å². The molecule has 1 rings (SSSR count). The SMILES string of the molecule is CC/C=C\C/C=C\C/C=C\C/C=C\C/C=C\CCCCCCCC(=O)OC1C(OCC(NC(=O)C(O)CCCC/C=C\C/C=C\C/C=C\C/C=C\C/C=C\CC)C(O)/C=C/CCCCCCCCCCCC)OC(CO)C(O)C1O. The van der Waals surface area contributed by atoms with E-state index >= 15 is 0 Å². The second-order valence-electron chi connectivity index (χ2n) is 21.0. The Balaban J connectivity index is 2.72. The number of hydrogen-bond acceptors (Lipinski definition) is 10. The number of unbranched alkanes of at least 4 members (excludes halogenated alkanes) is 17. The molecule has 11 nitrogen and oxygen atoms in total. The Morgan fingerprint density at radius 2 is 0.900 bits per heavy atom. The van der Waals surface area contributed by atoms with Crippen molar-refractivity contribution in [2.24, 2.45) is 0 Å². The third-order valence-corrected chi connectivity index (χ3v) is 13.8. The van der Waals surface area contributed by atoms with E-state index in [4.69, 9.17) is 14.2 Å². The van der Waals surface area contributed by atoms with Crippen LogP contribution in [0.2, 0.25) is 0 Å². The molecule has 6 N–H and O–H groups in total. The monoisotopic (exact) mass is 1120 g/mol. The number of allylic oxidation sites excluding steroid dienone is 21. The molecule has 8 unspecified atom stereocenters. The fraction of sp³-hybridized carbons (Fsp3) is 0.652. The second-order valence-corrected chi connectivity index (χ2v) is 21.0. The summed E-state index contributed by atoms with van der Waals surface area (Å²) in [5, 5.41) is 57.0. The van der Waals surface area contributed by atoms with Crippen molar-refractivity contribution in [3.05, 3.63) is 134 Å². The van der Waals surface area contributed by atoms with Crippen molar-refractivity contribution in [2.45, 2.75) is 275 Å². The summed E-state index contributed by atoms with van der Waals surface area (Å²) in [6.45, 7) is 5.51. The second kappa shape index (κ2) is 55.3. The molecule has 1 fully saturated rings. The summed E-state index contributed by atoms with van der Waals surface area (Å²) >= 11 is 0. The molecule has 0 saturated carbocycles. The van der Waals surface area contributed by atoms with E-state index in [1.807, 2.05) is 6.08 Å². The van der Waals surface area contributed by atoms with Crippen molar-refractivity contribution >= 4 is 11.9 Å². The lowest BCUT2D eigenvalue weighted by Crippen LogP contribution is -2.61. The molecule has 1 amide bonds. The maximum Gasteiger partial charge on any atom is 0.306 e. The van der Waals surface area contributed by atoms with Crippen LogP contribution >= 0.6 is 0 Å². The standard InChI is InChI=1S/C69H113NO10/c1-4-7-10-13-16-19-22-25-27-29-31-32-33-35-37-39-42-45-48-51-54-57-64(74)80-67-66(76)65(75)63(58-71)79-69(67)78-59-60(61(72)55-52-49-46-43-40-24-21-18-15-12-9-6-3)70-68(77)62(73)56-53-50-47-44-41-38-36-34-30-28-26-23-20-17-14-11-8-5-2/h7-8,10-11,16-17,19-20,25-28,31-32,34-37,41,44,52,55,60-63,65-67,69,71-73,75-76H,4-6,9,12-15,18,21-24,29-30,33,38-40,42-43,45-51,53-54,56-59H2,1-3H3,(H,70,77)/b10-7-,11-8-,19-16-,20-17-,27-25-,28-26-,32-31-,36-34-,37-35-,44-41-,55-52+. The average molecular weight is 1120 g/mol. The molecule has 0 aromatic heterocycles. The van der Waals surface area contributed by atoms with Crippen molar-refractivity contribution in [1.29, 1.82) is 0 Å². The Morgan fingerprint density at radius 3 is 1.35 bits per heavy atom. The molecule has 0 spiro atoms. The zero-order chi connectivity index (χ0) is 58.2. The zero-order valence-electron chi connectivity index (χ0n) is 50.1. The number of aliphatic hydroxyl groups is 5. The highest BCUT2D eigenvalue weighted by molar-refractivity contribution is 5.80. The smallest absolute Gasteiger partial charge is 0.306 e. The molecule has 1 aliphatic rings. The first-order valence-corrected chi connectivity index (χ1v) is 31.5. The van der Waals surface area contributed by atoms with E-state index in [0.29, 0.717) is 12.8 Å². The predicted octanol–water partition coefficient (Wildman–Crippen LogP) is 15.2. The number of carbonyl (C=O) groups excluding carboxylic acids is 2. The lowest BCUT2D eigenvalue weighted by Gasteiger charge is -2.41. The van der Waals surface area contributed by atoms with Gasteiger partial charge in [-0.3, -0.25) is 9.59 Å². The minimum atomic E-state index is -1.64. The Kier molecular flexibility index (Phi) is 51.1. The summed E-state index contributed by atoms with van der Waals surface area (Å²) < 4.78 is 17.6. The first kappa shape index (κ1) is 73.8. The number of ether oxygens (including phenoxy) is 3. The van der Waals surface area contributed by atoms with Crippen LogP contribution in [-0.2, 0) is 23.8 Å². The summed E-state index contributed by atoms with van der Waals surface area (Å²) in [5.74, 6) is -1.26. The molecule has 11 heteroatoms. The molecule has 8 atom stereocenters. The van der Waals surface area contributed by atoms with E-state index in [1.165, 1.54) is 44.9 Å².